The first-order valence-corrected chi connectivity index (χ1v) is 6.40. The fraction of sp³-hybridized carbons (Fsp3) is 0.385. The van der Waals surface area contributed by atoms with Crippen LogP contribution in [-0.2, 0) is 16.0 Å². The average molecular weight is 313 g/mol. The molecule has 0 amide bonds. The monoisotopic (exact) mass is 312 g/mol. The summed E-state index contributed by atoms with van der Waals surface area (Å²) in [4.78, 5) is 23.9. The van der Waals surface area contributed by atoms with Crippen LogP contribution in [0, 0.1) is 0 Å². The minimum absolute atomic E-state index is 0.0356. The van der Waals surface area contributed by atoms with Crippen molar-refractivity contribution in [1.29, 1.82) is 0 Å². The number of hydrogen-bond acceptors (Lipinski definition) is 4. The van der Waals surface area contributed by atoms with Crippen molar-refractivity contribution < 1.29 is 19.4 Å². The highest BCUT2D eigenvalue weighted by atomic mass is 79.9. The van der Waals surface area contributed by atoms with Crippen molar-refractivity contribution in [1.82, 2.24) is 0 Å². The van der Waals surface area contributed by atoms with Gasteiger partial charge in [0.05, 0.1) is 6.10 Å². The number of halogens is 1. The summed E-state index contributed by atoms with van der Waals surface area (Å²) in [5, 5.41) is 10.3. The first-order chi connectivity index (χ1) is 8.34. The molecule has 1 aromatic rings. The van der Waals surface area contributed by atoms with Crippen LogP contribution in [0.1, 0.15) is 29.8 Å². The van der Waals surface area contributed by atoms with Crippen molar-refractivity contribution >= 4 is 27.7 Å². The van der Waals surface area contributed by atoms with Crippen LogP contribution in [0.4, 0.5) is 0 Å². The molecule has 0 saturated carbocycles. The van der Waals surface area contributed by atoms with E-state index in [1.807, 2.05) is 0 Å². The van der Waals surface area contributed by atoms with E-state index in [1.54, 1.807) is 32.0 Å². The van der Waals surface area contributed by atoms with Crippen molar-refractivity contribution in [2.24, 2.45) is 0 Å². The third kappa shape index (κ3) is 2.08. The molecule has 2 rings (SSSR count). The molecule has 5 heteroatoms. The van der Waals surface area contributed by atoms with Crippen LogP contribution < -0.4 is 0 Å². The molecular formula is C13H13BrO4. The van der Waals surface area contributed by atoms with Crippen molar-refractivity contribution in [3.63, 3.8) is 0 Å². The van der Waals surface area contributed by atoms with Gasteiger partial charge in [-0.05, 0) is 37.6 Å². The van der Waals surface area contributed by atoms with E-state index in [4.69, 9.17) is 4.74 Å². The molecule has 0 fully saturated rings. The normalized spacial score (nSPS) is 22.2. The lowest BCUT2D eigenvalue weighted by molar-refractivity contribution is -0.163. The summed E-state index contributed by atoms with van der Waals surface area (Å²) in [5.41, 5.74) is -1.05. The zero-order valence-corrected chi connectivity index (χ0v) is 11.7. The van der Waals surface area contributed by atoms with Gasteiger partial charge in [0.2, 0.25) is 11.4 Å². The molecule has 0 spiro atoms. The van der Waals surface area contributed by atoms with Crippen LogP contribution >= 0.6 is 15.9 Å². The van der Waals surface area contributed by atoms with Gasteiger partial charge < -0.3 is 9.84 Å². The van der Waals surface area contributed by atoms with E-state index in [0.717, 1.165) is 4.47 Å². The second-order valence-corrected chi connectivity index (χ2v) is 5.54. The summed E-state index contributed by atoms with van der Waals surface area (Å²) in [6.45, 7) is 3.34. The van der Waals surface area contributed by atoms with Gasteiger partial charge in [-0.1, -0.05) is 15.9 Å². The Morgan fingerprint density at radius 2 is 2.17 bits per heavy atom. The van der Waals surface area contributed by atoms with Crippen LogP contribution in [0.15, 0.2) is 22.7 Å². The van der Waals surface area contributed by atoms with Gasteiger partial charge in [-0.3, -0.25) is 4.79 Å². The number of aliphatic hydroxyl groups is 1. The molecule has 96 valence electrons. The van der Waals surface area contributed by atoms with Gasteiger partial charge in [0, 0.05) is 16.5 Å². The second-order valence-electron chi connectivity index (χ2n) is 4.62. The molecule has 1 aliphatic rings. The molecule has 0 radical (unpaired) electrons. The van der Waals surface area contributed by atoms with E-state index in [-0.39, 0.29) is 12.5 Å². The fourth-order valence-electron chi connectivity index (χ4n) is 1.99. The van der Waals surface area contributed by atoms with E-state index in [9.17, 15) is 14.7 Å². The van der Waals surface area contributed by atoms with Gasteiger partial charge in [0.1, 0.15) is 0 Å². The number of fused-ring (bicyclic) bond motifs is 1. The molecule has 18 heavy (non-hydrogen) atoms. The van der Waals surface area contributed by atoms with Gasteiger partial charge in [-0.15, -0.1) is 0 Å². The summed E-state index contributed by atoms with van der Waals surface area (Å²) in [6, 6.07) is 5.03. The topological polar surface area (TPSA) is 63.6 Å². The first kappa shape index (κ1) is 13.2. The summed E-state index contributed by atoms with van der Waals surface area (Å²) in [5.74, 6) is -1.47. The molecule has 0 heterocycles. The van der Waals surface area contributed by atoms with Crippen LogP contribution in [0.25, 0.3) is 0 Å². The quantitative estimate of drug-likeness (QED) is 0.669. The van der Waals surface area contributed by atoms with E-state index in [0.29, 0.717) is 11.1 Å². The summed E-state index contributed by atoms with van der Waals surface area (Å²) in [6.07, 6.45) is -0.406. The van der Waals surface area contributed by atoms with Crippen LogP contribution in [0.3, 0.4) is 0 Å². The molecule has 1 atom stereocenters. The summed E-state index contributed by atoms with van der Waals surface area (Å²) >= 11 is 3.29. The lowest BCUT2D eigenvalue weighted by atomic mass is 9.99. The maximum atomic E-state index is 12.1. The van der Waals surface area contributed by atoms with Crippen molar-refractivity contribution in [2.75, 3.05) is 0 Å². The first-order valence-electron chi connectivity index (χ1n) is 5.61. The van der Waals surface area contributed by atoms with Gasteiger partial charge >= 0.3 is 5.97 Å². The minimum atomic E-state index is -2.08. The lowest BCUT2D eigenvalue weighted by Crippen LogP contribution is -2.46. The fourth-order valence-corrected chi connectivity index (χ4v) is 2.39. The van der Waals surface area contributed by atoms with Crippen molar-refractivity contribution in [3.05, 3.63) is 33.8 Å². The van der Waals surface area contributed by atoms with Crippen molar-refractivity contribution in [3.8, 4) is 0 Å². The maximum Gasteiger partial charge on any atom is 0.347 e. The van der Waals surface area contributed by atoms with E-state index < -0.39 is 17.4 Å². The number of carbonyl (C=O) groups excluding carboxylic acids is 2. The SMILES string of the molecule is CC(C)OC(=O)[C@]1(O)Cc2cc(Br)ccc2C1=O. The molecule has 0 aliphatic heterocycles. The van der Waals surface area contributed by atoms with Crippen LogP contribution in [0.2, 0.25) is 0 Å². The highest BCUT2D eigenvalue weighted by Gasteiger charge is 2.51. The number of esters is 1. The van der Waals surface area contributed by atoms with E-state index >= 15 is 0 Å². The Bertz CT molecular complexity index is 524. The molecule has 1 N–H and O–H groups in total. The largest absolute Gasteiger partial charge is 0.460 e. The zero-order valence-electron chi connectivity index (χ0n) is 10.1. The molecule has 0 aromatic heterocycles. The summed E-state index contributed by atoms with van der Waals surface area (Å²) in [7, 11) is 0. The van der Waals surface area contributed by atoms with Crippen molar-refractivity contribution in [2.45, 2.75) is 32.0 Å². The average Bonchev–Trinajstić information content (AvgIpc) is 2.51. The number of hydrogen-bond donors (Lipinski definition) is 1. The number of benzene rings is 1. The number of ether oxygens (including phenoxy) is 1. The predicted molar refractivity (Wildman–Crippen MR) is 68.4 cm³/mol. The molecule has 0 bridgehead atoms. The Labute approximate surface area is 113 Å². The molecule has 0 saturated heterocycles. The van der Waals surface area contributed by atoms with Crippen LogP contribution in [0.5, 0.6) is 0 Å². The smallest absolute Gasteiger partial charge is 0.347 e. The lowest BCUT2D eigenvalue weighted by Gasteiger charge is -2.20. The Morgan fingerprint density at radius 1 is 1.50 bits per heavy atom. The summed E-state index contributed by atoms with van der Waals surface area (Å²) < 4.78 is 5.75. The van der Waals surface area contributed by atoms with Crippen LogP contribution in [-0.4, -0.2) is 28.6 Å². The number of ketones is 1. The van der Waals surface area contributed by atoms with Gasteiger partial charge in [-0.2, -0.15) is 0 Å². The minimum Gasteiger partial charge on any atom is -0.460 e. The van der Waals surface area contributed by atoms with E-state index in [1.165, 1.54) is 0 Å². The van der Waals surface area contributed by atoms with E-state index in [2.05, 4.69) is 15.9 Å². The molecule has 1 aromatic carbocycles. The highest BCUT2D eigenvalue weighted by Crippen LogP contribution is 2.33. The Balaban J connectivity index is 2.35. The predicted octanol–water partition coefficient (Wildman–Crippen LogP) is 1.87. The number of Topliss-reactive ketones (excluding diaryl/α,β-unsaturated/α-hetero) is 1. The highest BCUT2D eigenvalue weighted by molar-refractivity contribution is 9.10. The zero-order chi connectivity index (χ0) is 13.5. The molecule has 0 unspecified atom stereocenters. The third-order valence-electron chi connectivity index (χ3n) is 2.81. The standard InChI is InChI=1S/C13H13BrO4/c1-7(2)18-12(16)13(17)6-8-5-9(14)3-4-10(8)11(13)15/h3-5,7,17H,6H2,1-2H3/t13-/m0/s1. The Morgan fingerprint density at radius 3 is 2.78 bits per heavy atom. The van der Waals surface area contributed by atoms with Gasteiger partial charge in [0.25, 0.3) is 0 Å². The maximum absolute atomic E-state index is 12.1. The molecule has 1 aliphatic carbocycles. The Hall–Kier alpha value is -1.20. The van der Waals surface area contributed by atoms with Gasteiger partial charge in [0.15, 0.2) is 0 Å². The second kappa shape index (κ2) is 4.48. The van der Waals surface area contributed by atoms with Gasteiger partial charge in [-0.25, -0.2) is 4.79 Å². The number of rotatable bonds is 2. The third-order valence-corrected chi connectivity index (χ3v) is 3.31. The molecule has 4 nitrogen and oxygen atoms in total. The Kier molecular flexibility index (Phi) is 3.29. The molecular weight excluding hydrogens is 300 g/mol. The number of carbonyl (C=O) groups is 2.